The van der Waals surface area contributed by atoms with Crippen LogP contribution in [0.5, 0.6) is 5.75 Å². The van der Waals surface area contributed by atoms with E-state index in [1.807, 2.05) is 18.2 Å². The van der Waals surface area contributed by atoms with Gasteiger partial charge in [0.15, 0.2) is 0 Å². The van der Waals surface area contributed by atoms with Gasteiger partial charge in [-0.15, -0.1) is 0 Å². The van der Waals surface area contributed by atoms with Gasteiger partial charge in [0.25, 0.3) is 5.91 Å². The van der Waals surface area contributed by atoms with Crippen molar-refractivity contribution in [1.82, 2.24) is 15.3 Å². The highest BCUT2D eigenvalue weighted by atomic mass is 16.3. The summed E-state index contributed by atoms with van der Waals surface area (Å²) in [5.41, 5.74) is 19.0. The number of amides is 2. The summed E-state index contributed by atoms with van der Waals surface area (Å²) in [6, 6.07) is 20.4. The molecule has 0 aliphatic heterocycles. The average molecular weight is 605 g/mol. The number of H-pyrrole nitrogens is 1. The predicted molar refractivity (Wildman–Crippen MR) is 175 cm³/mol. The number of nitrogens with two attached hydrogens (primary N) is 3. The fraction of sp³-hybridized carbons (Fsp3) is 0.0938. The number of rotatable bonds is 11. The molecule has 0 aliphatic carbocycles. The van der Waals surface area contributed by atoms with Crippen molar-refractivity contribution in [3.05, 3.63) is 95.7 Å². The quantitative estimate of drug-likeness (QED) is 0.0266. The second kappa shape index (κ2) is 13.0. The second-order valence-corrected chi connectivity index (χ2v) is 10.3. The smallest absolute Gasteiger partial charge is 0.252 e. The highest BCUT2D eigenvalue weighted by Crippen LogP contribution is 2.43. The molecule has 45 heavy (non-hydrogen) atoms. The lowest BCUT2D eigenvalue weighted by Crippen LogP contribution is -2.25. The molecule has 0 unspecified atom stereocenters. The summed E-state index contributed by atoms with van der Waals surface area (Å²) in [4.78, 5) is 32.5. The van der Waals surface area contributed by atoms with Gasteiger partial charge in [0.2, 0.25) is 5.91 Å². The molecular weight excluding hydrogens is 572 g/mol. The predicted octanol–water partition coefficient (Wildman–Crippen LogP) is 3.60. The van der Waals surface area contributed by atoms with Crippen molar-refractivity contribution in [2.24, 2.45) is 17.3 Å². The minimum Gasteiger partial charge on any atom is -0.507 e. The molecule has 0 radical (unpaired) electrons. The van der Waals surface area contributed by atoms with Gasteiger partial charge in [-0.25, -0.2) is 10.8 Å². The van der Waals surface area contributed by atoms with Gasteiger partial charge >= 0.3 is 0 Å². The van der Waals surface area contributed by atoms with E-state index in [1.165, 1.54) is 12.3 Å². The molecule has 0 fully saturated rings. The number of anilines is 2. The third-order valence-electron chi connectivity index (χ3n) is 7.18. The van der Waals surface area contributed by atoms with E-state index in [0.717, 1.165) is 10.9 Å². The molecule has 0 aliphatic rings. The molecule has 2 amide bonds. The lowest BCUT2D eigenvalue weighted by molar-refractivity contribution is -0.116. The highest BCUT2D eigenvalue weighted by Gasteiger charge is 2.20. The van der Waals surface area contributed by atoms with Crippen LogP contribution in [0.1, 0.15) is 34.3 Å². The van der Waals surface area contributed by atoms with Gasteiger partial charge in [0, 0.05) is 58.0 Å². The monoisotopic (exact) mass is 604 g/mol. The van der Waals surface area contributed by atoms with E-state index in [4.69, 9.17) is 28.1 Å². The van der Waals surface area contributed by atoms with E-state index in [1.54, 1.807) is 48.5 Å². The molecule has 2 heterocycles. The molecule has 0 saturated heterocycles. The number of nitrogen functional groups attached to an aromatic ring is 3. The number of nitrogens with one attached hydrogen (secondary N) is 6. The third-order valence-corrected chi connectivity index (χ3v) is 7.18. The van der Waals surface area contributed by atoms with Crippen LogP contribution < -0.4 is 33.4 Å². The van der Waals surface area contributed by atoms with Gasteiger partial charge < -0.3 is 37.6 Å². The zero-order chi connectivity index (χ0) is 32.1. The van der Waals surface area contributed by atoms with Crippen LogP contribution in [0.2, 0.25) is 0 Å². The molecular formula is C32H32N10O3. The molecule has 13 heteroatoms. The van der Waals surface area contributed by atoms with Gasteiger partial charge in [0.1, 0.15) is 23.2 Å². The van der Waals surface area contributed by atoms with Crippen molar-refractivity contribution in [2.75, 3.05) is 17.3 Å². The van der Waals surface area contributed by atoms with E-state index in [9.17, 15) is 14.7 Å². The number of fused-ring (bicyclic) bond motifs is 1. The third kappa shape index (κ3) is 6.73. The Balaban J connectivity index is 1.36. The number of phenols is 1. The first-order valence-electron chi connectivity index (χ1n) is 13.9. The summed E-state index contributed by atoms with van der Waals surface area (Å²) in [7, 11) is 0. The largest absolute Gasteiger partial charge is 0.507 e. The Kier molecular flexibility index (Phi) is 8.72. The molecule has 13 N–H and O–H groups in total. The van der Waals surface area contributed by atoms with E-state index in [-0.39, 0.29) is 42.2 Å². The first kappa shape index (κ1) is 30.3. The highest BCUT2D eigenvalue weighted by molar-refractivity contribution is 6.08. The van der Waals surface area contributed by atoms with Crippen LogP contribution in [-0.2, 0) is 4.79 Å². The maximum atomic E-state index is 12.8. The van der Waals surface area contributed by atoms with Crippen molar-refractivity contribution in [3.63, 3.8) is 0 Å². The summed E-state index contributed by atoms with van der Waals surface area (Å²) < 4.78 is 0. The Morgan fingerprint density at radius 2 is 1.60 bits per heavy atom. The fourth-order valence-corrected chi connectivity index (χ4v) is 4.88. The Morgan fingerprint density at radius 1 is 0.889 bits per heavy atom. The maximum Gasteiger partial charge on any atom is 0.252 e. The van der Waals surface area contributed by atoms with Crippen molar-refractivity contribution in [1.29, 1.82) is 10.8 Å². The van der Waals surface area contributed by atoms with Crippen molar-refractivity contribution in [2.45, 2.75) is 12.8 Å². The number of aromatic hydroxyl groups is 1. The second-order valence-electron chi connectivity index (χ2n) is 10.3. The SMILES string of the molecule is N=C(N)c1ccc(-c2[nH]c3cc(C(=N)N)ccc3c2-c2cc(NC(=O)CCCNC(=O)c3ccc(NN)nc3)ccc2O)cc1. The number of aromatic nitrogens is 2. The standard InChI is InChI=1S/C32H32N10O3/c33-30(34)18-5-3-17(4-6-18)29-28(22-10-7-19(31(35)36)14-24(22)41-29)23-15-21(9-11-25(23)43)40-27(44)2-1-13-38-32(45)20-8-12-26(42-37)39-16-20/h3-12,14-16,41,43H,1-2,13,37H2,(H3,33,34)(H3,35,36)(H,38,45)(H,39,42)(H,40,44). The van der Waals surface area contributed by atoms with E-state index in [0.29, 0.717) is 57.0 Å². The number of amidine groups is 2. The van der Waals surface area contributed by atoms with Crippen LogP contribution in [0, 0.1) is 10.8 Å². The minimum absolute atomic E-state index is 0.00127. The molecule has 228 valence electrons. The normalized spacial score (nSPS) is 10.8. The van der Waals surface area contributed by atoms with Gasteiger partial charge in [0.05, 0.1) is 11.3 Å². The summed E-state index contributed by atoms with van der Waals surface area (Å²) in [6.45, 7) is 0.285. The molecule has 2 aromatic heterocycles. The van der Waals surface area contributed by atoms with Gasteiger partial charge in [-0.3, -0.25) is 20.4 Å². The first-order valence-corrected chi connectivity index (χ1v) is 13.9. The van der Waals surface area contributed by atoms with Crippen LogP contribution in [0.4, 0.5) is 11.5 Å². The molecule has 0 bridgehead atoms. The summed E-state index contributed by atoms with van der Waals surface area (Å²) >= 11 is 0. The number of carbonyl (C=O) groups excluding carboxylic acids is 2. The molecule has 0 saturated carbocycles. The van der Waals surface area contributed by atoms with Gasteiger partial charge in [-0.2, -0.15) is 0 Å². The first-order chi connectivity index (χ1) is 21.6. The molecule has 3 aromatic carbocycles. The van der Waals surface area contributed by atoms with Gasteiger partial charge in [-0.1, -0.05) is 36.4 Å². The van der Waals surface area contributed by atoms with Crippen molar-refractivity contribution >= 4 is 45.9 Å². The number of phenolic OH excluding ortho intramolecular Hbond substituents is 1. The molecule has 0 atom stereocenters. The summed E-state index contributed by atoms with van der Waals surface area (Å²) in [5.74, 6) is 5.03. The van der Waals surface area contributed by atoms with Crippen molar-refractivity contribution < 1.29 is 14.7 Å². The number of pyridine rings is 1. The van der Waals surface area contributed by atoms with Crippen LogP contribution in [0.25, 0.3) is 33.3 Å². The fourth-order valence-electron chi connectivity index (χ4n) is 4.88. The van der Waals surface area contributed by atoms with E-state index >= 15 is 0 Å². The van der Waals surface area contributed by atoms with Crippen LogP contribution in [0.15, 0.2) is 79.0 Å². The molecule has 13 nitrogen and oxygen atoms in total. The Hall–Kier alpha value is -6.21. The summed E-state index contributed by atoms with van der Waals surface area (Å²) in [5, 5.41) is 33.0. The number of benzene rings is 3. The van der Waals surface area contributed by atoms with E-state index < -0.39 is 0 Å². The topological polar surface area (TPSA) is 245 Å². The Morgan fingerprint density at radius 3 is 2.27 bits per heavy atom. The number of hydrazine groups is 1. The minimum atomic E-state index is -0.310. The number of hydrogen-bond donors (Lipinski definition) is 10. The lowest BCUT2D eigenvalue weighted by Gasteiger charge is -2.12. The molecule has 5 rings (SSSR count). The zero-order valence-corrected chi connectivity index (χ0v) is 24.1. The number of carbonyl (C=O) groups is 2. The number of aromatic amines is 1. The molecule has 5 aromatic rings. The van der Waals surface area contributed by atoms with Crippen LogP contribution in [-0.4, -0.2) is 45.1 Å². The molecule has 0 spiro atoms. The maximum absolute atomic E-state index is 12.8. The van der Waals surface area contributed by atoms with Crippen molar-refractivity contribution in [3.8, 4) is 28.1 Å². The van der Waals surface area contributed by atoms with Crippen LogP contribution in [0.3, 0.4) is 0 Å². The Bertz CT molecular complexity index is 1910. The average Bonchev–Trinajstić information content (AvgIpc) is 3.42. The number of hydrogen-bond acceptors (Lipinski definition) is 8. The zero-order valence-electron chi connectivity index (χ0n) is 24.1. The van der Waals surface area contributed by atoms with Gasteiger partial charge in [-0.05, 0) is 48.4 Å². The summed E-state index contributed by atoms with van der Waals surface area (Å²) in [6.07, 6.45) is 1.96. The van der Waals surface area contributed by atoms with Crippen LogP contribution >= 0.6 is 0 Å². The Labute approximate surface area is 257 Å². The van der Waals surface area contributed by atoms with E-state index in [2.05, 4.69) is 26.0 Å². The number of nitrogens with zero attached hydrogens (tertiary/aromatic N) is 1. The lowest BCUT2D eigenvalue weighted by atomic mass is 9.96.